The molecule has 4 heterocycles. The topological polar surface area (TPSA) is 96.2 Å². The molecule has 0 bridgehead atoms. The number of hydrogen-bond acceptors (Lipinski definition) is 7. The molecule has 2 aliphatic heterocycles. The fourth-order valence-electron chi connectivity index (χ4n) is 4.53. The minimum Gasteiger partial charge on any atom is -0.419 e. The zero-order valence-corrected chi connectivity index (χ0v) is 17.9. The van der Waals surface area contributed by atoms with E-state index in [1.165, 1.54) is 0 Å². The number of piperidine rings is 1. The SMILES string of the molecule is CC(C)C1CC(C(=O)N2CCC(c3nnc(-c4nccc5ccccc45)o3)CC2)NN1. The van der Waals surface area contributed by atoms with E-state index in [0.717, 1.165) is 30.0 Å². The van der Waals surface area contributed by atoms with Crippen molar-refractivity contribution in [2.45, 2.75) is 51.1 Å². The van der Waals surface area contributed by atoms with E-state index in [1.54, 1.807) is 6.20 Å². The van der Waals surface area contributed by atoms with Crippen molar-refractivity contribution in [3.05, 3.63) is 42.4 Å². The summed E-state index contributed by atoms with van der Waals surface area (Å²) < 4.78 is 6.04. The van der Waals surface area contributed by atoms with Crippen molar-refractivity contribution in [3.8, 4) is 11.6 Å². The minimum absolute atomic E-state index is 0.142. The van der Waals surface area contributed by atoms with Crippen LogP contribution >= 0.6 is 0 Å². The largest absolute Gasteiger partial charge is 0.419 e. The maximum absolute atomic E-state index is 12.9. The number of benzene rings is 1. The van der Waals surface area contributed by atoms with Gasteiger partial charge in [0.2, 0.25) is 11.8 Å². The molecule has 1 aromatic carbocycles. The Kier molecular flexibility index (Phi) is 5.41. The number of nitrogens with one attached hydrogen (secondary N) is 2. The van der Waals surface area contributed by atoms with Gasteiger partial charge in [0.1, 0.15) is 11.7 Å². The van der Waals surface area contributed by atoms with Crippen LogP contribution in [0, 0.1) is 5.92 Å². The number of rotatable bonds is 4. The van der Waals surface area contributed by atoms with Crippen molar-refractivity contribution in [3.63, 3.8) is 0 Å². The highest BCUT2D eigenvalue weighted by atomic mass is 16.4. The van der Waals surface area contributed by atoms with Crippen LogP contribution in [0.2, 0.25) is 0 Å². The minimum atomic E-state index is -0.142. The first-order valence-corrected chi connectivity index (χ1v) is 11.1. The van der Waals surface area contributed by atoms with E-state index in [4.69, 9.17) is 4.42 Å². The number of hydrazine groups is 1. The third-order valence-corrected chi connectivity index (χ3v) is 6.51. The van der Waals surface area contributed by atoms with Gasteiger partial charge in [0.05, 0.1) is 0 Å². The summed E-state index contributed by atoms with van der Waals surface area (Å²) in [4.78, 5) is 19.3. The van der Waals surface area contributed by atoms with Crippen LogP contribution in [0.25, 0.3) is 22.4 Å². The first-order valence-electron chi connectivity index (χ1n) is 11.1. The van der Waals surface area contributed by atoms with Crippen LogP contribution < -0.4 is 10.9 Å². The molecule has 0 radical (unpaired) electrons. The monoisotopic (exact) mass is 420 g/mol. The molecule has 0 saturated carbocycles. The van der Waals surface area contributed by atoms with Gasteiger partial charge in [-0.25, -0.2) is 5.43 Å². The molecule has 8 nitrogen and oxygen atoms in total. The summed E-state index contributed by atoms with van der Waals surface area (Å²) in [6.45, 7) is 5.75. The van der Waals surface area contributed by atoms with E-state index in [0.29, 0.717) is 42.5 Å². The lowest BCUT2D eigenvalue weighted by Crippen LogP contribution is -2.48. The van der Waals surface area contributed by atoms with E-state index < -0.39 is 0 Å². The molecule has 3 aromatic rings. The predicted molar refractivity (Wildman–Crippen MR) is 117 cm³/mol. The highest BCUT2D eigenvalue weighted by Crippen LogP contribution is 2.31. The third kappa shape index (κ3) is 3.93. The van der Waals surface area contributed by atoms with Gasteiger partial charge in [-0.3, -0.25) is 15.2 Å². The number of likely N-dealkylation sites (tertiary alicyclic amines) is 1. The predicted octanol–water partition coefficient (Wildman–Crippen LogP) is 2.88. The Hall–Kier alpha value is -2.84. The standard InChI is InChI=1S/C23H28N6O2/c1-14(2)18-13-19(26-25-18)23(30)29-11-8-16(9-12-29)21-27-28-22(31-21)20-17-6-4-3-5-15(17)7-10-24-20/h3-7,10,14,16,18-19,25-26H,8-9,11-13H2,1-2H3. The Morgan fingerprint density at radius 3 is 2.71 bits per heavy atom. The van der Waals surface area contributed by atoms with Crippen LogP contribution in [-0.2, 0) is 4.79 Å². The van der Waals surface area contributed by atoms with E-state index >= 15 is 0 Å². The normalized spacial score (nSPS) is 22.5. The smallest absolute Gasteiger partial charge is 0.266 e. The molecule has 162 valence electrons. The van der Waals surface area contributed by atoms with Crippen LogP contribution in [0.3, 0.4) is 0 Å². The number of amides is 1. The van der Waals surface area contributed by atoms with Crippen molar-refractivity contribution in [2.24, 2.45) is 5.92 Å². The molecule has 31 heavy (non-hydrogen) atoms. The summed E-state index contributed by atoms with van der Waals surface area (Å²) >= 11 is 0. The molecule has 2 unspecified atom stereocenters. The van der Waals surface area contributed by atoms with E-state index in [-0.39, 0.29) is 17.9 Å². The molecular weight excluding hydrogens is 392 g/mol. The van der Waals surface area contributed by atoms with Crippen LogP contribution in [0.4, 0.5) is 0 Å². The van der Waals surface area contributed by atoms with Gasteiger partial charge in [-0.05, 0) is 36.6 Å². The molecule has 2 fully saturated rings. The molecule has 0 spiro atoms. The molecule has 2 N–H and O–H groups in total. The van der Waals surface area contributed by atoms with Crippen molar-refractivity contribution in [1.82, 2.24) is 30.9 Å². The summed E-state index contributed by atoms with van der Waals surface area (Å²) in [6, 6.07) is 10.2. The average Bonchev–Trinajstić information content (AvgIpc) is 3.49. The third-order valence-electron chi connectivity index (χ3n) is 6.51. The Bertz CT molecular complexity index is 1070. The fourth-order valence-corrected chi connectivity index (χ4v) is 4.53. The number of aromatic nitrogens is 3. The lowest BCUT2D eigenvalue weighted by atomic mass is 9.95. The first kappa shape index (κ1) is 20.1. The molecule has 1 amide bonds. The molecular formula is C23H28N6O2. The Morgan fingerprint density at radius 2 is 1.94 bits per heavy atom. The van der Waals surface area contributed by atoms with Crippen molar-refractivity contribution in [1.29, 1.82) is 0 Å². The van der Waals surface area contributed by atoms with E-state index in [2.05, 4.69) is 39.9 Å². The highest BCUT2D eigenvalue weighted by molar-refractivity contribution is 5.92. The maximum Gasteiger partial charge on any atom is 0.266 e. The lowest BCUT2D eigenvalue weighted by Gasteiger charge is -2.32. The van der Waals surface area contributed by atoms with Crippen LogP contribution in [-0.4, -0.2) is 51.2 Å². The second kappa shape index (κ2) is 8.36. The quantitative estimate of drug-likeness (QED) is 0.670. The number of nitrogens with zero attached hydrogens (tertiary/aromatic N) is 4. The molecule has 5 rings (SSSR count). The number of pyridine rings is 1. The summed E-state index contributed by atoms with van der Waals surface area (Å²) in [5.74, 6) is 1.93. The van der Waals surface area contributed by atoms with Gasteiger partial charge in [0.25, 0.3) is 5.89 Å². The summed E-state index contributed by atoms with van der Waals surface area (Å²) in [6.07, 6.45) is 4.25. The molecule has 2 aromatic heterocycles. The lowest BCUT2D eigenvalue weighted by molar-refractivity contribution is -0.134. The van der Waals surface area contributed by atoms with Gasteiger partial charge in [-0.1, -0.05) is 38.1 Å². The summed E-state index contributed by atoms with van der Waals surface area (Å²) in [7, 11) is 0. The van der Waals surface area contributed by atoms with Crippen molar-refractivity contribution in [2.75, 3.05) is 13.1 Å². The molecule has 2 saturated heterocycles. The highest BCUT2D eigenvalue weighted by Gasteiger charge is 2.35. The molecule has 2 atom stereocenters. The van der Waals surface area contributed by atoms with Gasteiger partial charge in [0.15, 0.2) is 0 Å². The van der Waals surface area contributed by atoms with Crippen LogP contribution in [0.1, 0.15) is 44.9 Å². The number of carbonyl (C=O) groups excluding carboxylic acids is 1. The summed E-state index contributed by atoms with van der Waals surface area (Å²) in [5.41, 5.74) is 7.14. The second-order valence-electron chi connectivity index (χ2n) is 8.85. The Morgan fingerprint density at radius 1 is 1.13 bits per heavy atom. The van der Waals surface area contributed by atoms with Crippen molar-refractivity contribution < 1.29 is 9.21 Å². The number of fused-ring (bicyclic) bond motifs is 1. The van der Waals surface area contributed by atoms with Gasteiger partial charge >= 0.3 is 0 Å². The molecule has 8 heteroatoms. The van der Waals surface area contributed by atoms with Gasteiger partial charge < -0.3 is 9.32 Å². The van der Waals surface area contributed by atoms with Gasteiger partial charge in [-0.15, -0.1) is 10.2 Å². The molecule has 2 aliphatic rings. The maximum atomic E-state index is 12.9. The average molecular weight is 421 g/mol. The number of hydrogen-bond donors (Lipinski definition) is 2. The van der Waals surface area contributed by atoms with E-state index in [1.807, 2.05) is 35.2 Å². The summed E-state index contributed by atoms with van der Waals surface area (Å²) in [5, 5.41) is 10.7. The van der Waals surface area contributed by atoms with Crippen LogP contribution in [0.5, 0.6) is 0 Å². The Balaban J connectivity index is 1.24. The van der Waals surface area contributed by atoms with Crippen molar-refractivity contribution >= 4 is 16.7 Å². The second-order valence-corrected chi connectivity index (χ2v) is 8.85. The zero-order chi connectivity index (χ0) is 21.4. The number of carbonyl (C=O) groups is 1. The van der Waals surface area contributed by atoms with Gasteiger partial charge in [-0.2, -0.15) is 0 Å². The molecule has 0 aliphatic carbocycles. The fraction of sp³-hybridized carbons (Fsp3) is 0.478. The van der Waals surface area contributed by atoms with E-state index in [9.17, 15) is 4.79 Å². The first-order chi connectivity index (χ1) is 15.1. The Labute approximate surface area is 181 Å². The zero-order valence-electron chi connectivity index (χ0n) is 17.9. The van der Waals surface area contributed by atoms with Crippen LogP contribution in [0.15, 0.2) is 40.9 Å². The van der Waals surface area contributed by atoms with Gasteiger partial charge in [0, 0.05) is 36.6 Å².